The van der Waals surface area contributed by atoms with Gasteiger partial charge in [-0.15, -0.1) is 0 Å². The van der Waals surface area contributed by atoms with Crippen LogP contribution in [0.4, 0.5) is 0 Å². The van der Waals surface area contributed by atoms with Crippen LogP contribution in [0.5, 0.6) is 0 Å². The number of carbonyl (C=O) groups is 1. The summed E-state index contributed by atoms with van der Waals surface area (Å²) in [6.45, 7) is 1.96. The molecule has 1 amide bonds. The molecule has 1 heterocycles. The van der Waals surface area contributed by atoms with E-state index in [1.807, 2.05) is 6.92 Å². The van der Waals surface area contributed by atoms with Gasteiger partial charge in [0.05, 0.1) is 13.3 Å². The van der Waals surface area contributed by atoms with Crippen molar-refractivity contribution in [3.63, 3.8) is 0 Å². The van der Waals surface area contributed by atoms with E-state index in [0.29, 0.717) is 5.69 Å². The van der Waals surface area contributed by atoms with Crippen LogP contribution in [-0.4, -0.2) is 23.0 Å². The molecule has 0 saturated heterocycles. The van der Waals surface area contributed by atoms with Crippen molar-refractivity contribution in [2.75, 3.05) is 7.11 Å². The van der Waals surface area contributed by atoms with Crippen LogP contribution < -0.4 is 5.48 Å². The molecule has 0 aliphatic rings. The number of hydroxylamine groups is 1. The van der Waals surface area contributed by atoms with E-state index in [-0.39, 0.29) is 5.91 Å². The lowest BCUT2D eigenvalue weighted by Gasteiger charge is -1.96. The minimum Gasteiger partial charge on any atom is -0.338 e. The van der Waals surface area contributed by atoms with Crippen LogP contribution in [0.15, 0.2) is 6.20 Å². The third-order valence-electron chi connectivity index (χ3n) is 1.40. The Morgan fingerprint density at radius 3 is 3.08 bits per heavy atom. The summed E-state index contributed by atoms with van der Waals surface area (Å²) in [5.41, 5.74) is 2.60. The van der Waals surface area contributed by atoms with Crippen LogP contribution in [0.2, 0.25) is 0 Å². The minimum atomic E-state index is -0.315. The van der Waals surface area contributed by atoms with E-state index in [0.717, 1.165) is 12.2 Å². The van der Waals surface area contributed by atoms with E-state index in [1.54, 1.807) is 0 Å². The Kier molecular flexibility index (Phi) is 2.82. The fourth-order valence-electron chi connectivity index (χ4n) is 0.805. The summed E-state index contributed by atoms with van der Waals surface area (Å²) < 4.78 is 0. The summed E-state index contributed by atoms with van der Waals surface area (Å²) in [7, 11) is 1.38. The van der Waals surface area contributed by atoms with Crippen molar-refractivity contribution in [3.8, 4) is 0 Å². The Morgan fingerprint density at radius 2 is 2.58 bits per heavy atom. The molecule has 1 aromatic rings. The number of aromatic amines is 1. The van der Waals surface area contributed by atoms with Crippen LogP contribution in [0.3, 0.4) is 0 Å². The molecule has 0 spiro atoms. The quantitative estimate of drug-likeness (QED) is 0.638. The number of hydrogen-bond acceptors (Lipinski definition) is 3. The monoisotopic (exact) mass is 169 g/mol. The maximum atomic E-state index is 11.1. The van der Waals surface area contributed by atoms with Crippen molar-refractivity contribution in [1.29, 1.82) is 0 Å². The number of nitrogens with zero attached hydrogens (tertiary/aromatic N) is 1. The Bertz CT molecular complexity index is 269. The molecule has 0 fully saturated rings. The fourth-order valence-corrected chi connectivity index (χ4v) is 0.805. The second kappa shape index (κ2) is 3.87. The maximum Gasteiger partial charge on any atom is 0.292 e. The van der Waals surface area contributed by atoms with Gasteiger partial charge in [-0.25, -0.2) is 10.5 Å². The first-order valence-electron chi connectivity index (χ1n) is 3.65. The van der Waals surface area contributed by atoms with E-state index in [2.05, 4.69) is 20.3 Å². The molecule has 0 aromatic carbocycles. The second-order valence-corrected chi connectivity index (χ2v) is 2.23. The first-order valence-corrected chi connectivity index (χ1v) is 3.65. The first-order chi connectivity index (χ1) is 5.77. The number of H-pyrrole nitrogens is 1. The zero-order chi connectivity index (χ0) is 8.97. The van der Waals surface area contributed by atoms with Crippen molar-refractivity contribution >= 4 is 5.91 Å². The van der Waals surface area contributed by atoms with Crippen molar-refractivity contribution < 1.29 is 9.63 Å². The van der Waals surface area contributed by atoms with Gasteiger partial charge < -0.3 is 4.98 Å². The fraction of sp³-hybridized carbons (Fsp3) is 0.429. The molecule has 0 atom stereocenters. The predicted octanol–water partition coefficient (Wildman–Crippen LogP) is 0.263. The standard InChI is InChI=1S/C7H11N3O2/c1-3-6-8-4-5(9-6)7(11)10-12-2/h4H,3H2,1-2H3,(H,8,9)(H,10,11). The number of nitrogens with one attached hydrogen (secondary N) is 2. The third kappa shape index (κ3) is 1.82. The van der Waals surface area contributed by atoms with Crippen molar-refractivity contribution in [2.45, 2.75) is 13.3 Å². The average molecular weight is 169 g/mol. The zero-order valence-corrected chi connectivity index (χ0v) is 7.05. The normalized spacial score (nSPS) is 9.83. The van der Waals surface area contributed by atoms with Gasteiger partial charge in [0.15, 0.2) is 0 Å². The highest BCUT2D eigenvalue weighted by molar-refractivity contribution is 5.91. The summed E-state index contributed by atoms with van der Waals surface area (Å²) in [4.78, 5) is 22.3. The smallest absolute Gasteiger partial charge is 0.292 e. The van der Waals surface area contributed by atoms with E-state index < -0.39 is 0 Å². The Labute approximate surface area is 70.1 Å². The molecule has 0 radical (unpaired) electrons. The summed E-state index contributed by atoms with van der Waals surface area (Å²) in [6.07, 6.45) is 2.26. The highest BCUT2D eigenvalue weighted by Crippen LogP contribution is 1.96. The van der Waals surface area contributed by atoms with Gasteiger partial charge in [-0.05, 0) is 0 Å². The minimum absolute atomic E-state index is 0.315. The highest BCUT2D eigenvalue weighted by atomic mass is 16.6. The van der Waals surface area contributed by atoms with Gasteiger partial charge in [-0.3, -0.25) is 9.63 Å². The summed E-state index contributed by atoms with van der Waals surface area (Å²) in [5.74, 6) is 0.473. The lowest BCUT2D eigenvalue weighted by atomic mass is 10.4. The lowest BCUT2D eigenvalue weighted by Crippen LogP contribution is -2.22. The van der Waals surface area contributed by atoms with Crippen LogP contribution >= 0.6 is 0 Å². The van der Waals surface area contributed by atoms with Crippen LogP contribution in [0.25, 0.3) is 0 Å². The molecule has 0 aliphatic heterocycles. The van der Waals surface area contributed by atoms with E-state index >= 15 is 0 Å². The third-order valence-corrected chi connectivity index (χ3v) is 1.40. The molecular weight excluding hydrogens is 158 g/mol. The molecule has 0 unspecified atom stereocenters. The molecular formula is C7H11N3O2. The summed E-state index contributed by atoms with van der Waals surface area (Å²) >= 11 is 0. The van der Waals surface area contributed by atoms with Gasteiger partial charge in [0.2, 0.25) is 0 Å². The second-order valence-electron chi connectivity index (χ2n) is 2.23. The molecule has 2 N–H and O–H groups in total. The van der Waals surface area contributed by atoms with Crippen molar-refractivity contribution in [3.05, 3.63) is 17.7 Å². The zero-order valence-electron chi connectivity index (χ0n) is 7.05. The van der Waals surface area contributed by atoms with Gasteiger partial charge in [-0.1, -0.05) is 6.92 Å². The molecule has 5 nitrogen and oxygen atoms in total. The van der Waals surface area contributed by atoms with Gasteiger partial charge in [-0.2, -0.15) is 0 Å². The van der Waals surface area contributed by atoms with Gasteiger partial charge in [0.1, 0.15) is 11.5 Å². The molecule has 0 saturated carbocycles. The Morgan fingerprint density at radius 1 is 1.83 bits per heavy atom. The van der Waals surface area contributed by atoms with Crippen molar-refractivity contribution in [1.82, 2.24) is 15.4 Å². The number of carbonyl (C=O) groups excluding carboxylic acids is 1. The largest absolute Gasteiger partial charge is 0.338 e. The molecule has 5 heteroatoms. The number of rotatable bonds is 3. The summed E-state index contributed by atoms with van der Waals surface area (Å²) in [6, 6.07) is 0. The predicted molar refractivity (Wildman–Crippen MR) is 42.4 cm³/mol. The molecule has 66 valence electrons. The van der Waals surface area contributed by atoms with Gasteiger partial charge in [0, 0.05) is 6.42 Å². The SMILES string of the molecule is CCc1ncc(C(=O)NOC)[nH]1. The molecule has 12 heavy (non-hydrogen) atoms. The number of imidazole rings is 1. The van der Waals surface area contributed by atoms with Crippen LogP contribution in [0, 0.1) is 0 Å². The number of hydrogen-bond donors (Lipinski definition) is 2. The van der Waals surface area contributed by atoms with Crippen LogP contribution in [0.1, 0.15) is 23.2 Å². The highest BCUT2D eigenvalue weighted by Gasteiger charge is 2.07. The topological polar surface area (TPSA) is 67.0 Å². The van der Waals surface area contributed by atoms with E-state index in [9.17, 15) is 4.79 Å². The van der Waals surface area contributed by atoms with Crippen LogP contribution in [-0.2, 0) is 11.3 Å². The number of amides is 1. The van der Waals surface area contributed by atoms with Gasteiger partial charge in [0.25, 0.3) is 5.91 Å². The van der Waals surface area contributed by atoms with Crippen molar-refractivity contribution in [2.24, 2.45) is 0 Å². The maximum absolute atomic E-state index is 11.1. The Balaban J connectivity index is 2.68. The molecule has 1 aromatic heterocycles. The Hall–Kier alpha value is -1.36. The molecule has 0 aliphatic carbocycles. The number of aryl methyl sites for hydroxylation is 1. The van der Waals surface area contributed by atoms with E-state index in [4.69, 9.17) is 0 Å². The van der Waals surface area contributed by atoms with Gasteiger partial charge >= 0.3 is 0 Å². The average Bonchev–Trinajstić information content (AvgIpc) is 2.52. The lowest BCUT2D eigenvalue weighted by molar-refractivity contribution is 0.0533. The summed E-state index contributed by atoms with van der Waals surface area (Å²) in [5, 5.41) is 0. The molecule has 0 bridgehead atoms. The van der Waals surface area contributed by atoms with E-state index in [1.165, 1.54) is 13.3 Å². The first kappa shape index (κ1) is 8.73. The molecule has 1 rings (SSSR count). The number of aromatic nitrogens is 2.